The highest BCUT2D eigenvalue weighted by atomic mass is 16.6. The normalized spacial score (nSPS) is 15.2. The number of ether oxygens (including phenoxy) is 1. The molecule has 0 aliphatic rings. The average Bonchev–Trinajstić information content (AvgIpc) is 3.17. The number of carbonyl (C=O) groups is 4. The number of nitrogens with two attached hydrogens (primary N) is 2. The Balaban J connectivity index is 5.24. The van der Waals surface area contributed by atoms with Crippen LogP contribution in [0, 0.1) is 0 Å². The standard InChI is InChI=1S/C46H76N2O7/c1-4-6-8-10-12-14-16-18-20-22-24-26-28-30-32-35-41(50)44(55-45(53)39(3)48)46(54,43(52)40(49)36-34-38-47)42(51)37-33-31-29-27-25-23-21-19-17-15-13-11-9-7-5-2/h6-9,12-15,18-21,39-40,44,49,54H,4-5,10-11,16-17,22-38,47-48H2,1-3H3/t39-,40?,44?,46?/m0/s1. The van der Waals surface area contributed by atoms with Gasteiger partial charge in [0, 0.05) is 12.8 Å². The largest absolute Gasteiger partial charge is 0.449 e. The zero-order valence-corrected chi connectivity index (χ0v) is 34.5. The third-order valence-electron chi connectivity index (χ3n) is 9.19. The molecular weight excluding hydrogens is 693 g/mol. The van der Waals surface area contributed by atoms with Crippen molar-refractivity contribution in [2.45, 2.75) is 186 Å². The molecule has 0 aromatic heterocycles. The molecule has 0 amide bonds. The molecule has 0 radical (unpaired) electrons. The number of ketones is 3. The van der Waals surface area contributed by atoms with E-state index in [0.29, 0.717) is 25.7 Å². The lowest BCUT2D eigenvalue weighted by atomic mass is 9.79. The van der Waals surface area contributed by atoms with E-state index in [9.17, 15) is 29.4 Å². The van der Waals surface area contributed by atoms with E-state index in [4.69, 9.17) is 16.2 Å². The summed E-state index contributed by atoms with van der Waals surface area (Å²) in [5, 5.41) is 22.6. The number of carbonyl (C=O) groups excluding carboxylic acids is 4. The second-order valence-corrected chi connectivity index (χ2v) is 14.3. The first kappa shape index (κ1) is 51.8. The monoisotopic (exact) mass is 769 g/mol. The van der Waals surface area contributed by atoms with Crippen LogP contribution in [0.1, 0.15) is 162 Å². The summed E-state index contributed by atoms with van der Waals surface area (Å²) in [4.78, 5) is 53.6. The molecule has 0 bridgehead atoms. The fourth-order valence-electron chi connectivity index (χ4n) is 5.86. The number of aliphatic hydroxyl groups excluding tert-OH is 1. The fraction of sp³-hybridized carbons (Fsp3) is 0.652. The number of Topliss-reactive ketones (excluding diaryl/α,β-unsaturated/α-hetero) is 3. The first-order valence-corrected chi connectivity index (χ1v) is 21.1. The van der Waals surface area contributed by atoms with Gasteiger partial charge in [0.25, 0.3) is 0 Å². The molecule has 0 fully saturated rings. The Morgan fingerprint density at radius 3 is 1.49 bits per heavy atom. The fourth-order valence-corrected chi connectivity index (χ4v) is 5.86. The highest BCUT2D eigenvalue weighted by Crippen LogP contribution is 2.27. The van der Waals surface area contributed by atoms with E-state index >= 15 is 0 Å². The van der Waals surface area contributed by atoms with E-state index in [2.05, 4.69) is 86.8 Å². The molecule has 312 valence electrons. The molecule has 0 saturated carbocycles. The summed E-state index contributed by atoms with van der Waals surface area (Å²) in [6.07, 6.45) is 37.5. The second kappa shape index (κ2) is 35.2. The van der Waals surface area contributed by atoms with Crippen molar-refractivity contribution >= 4 is 23.3 Å². The van der Waals surface area contributed by atoms with Gasteiger partial charge in [-0.25, -0.2) is 0 Å². The van der Waals surface area contributed by atoms with Crippen LogP contribution in [0.2, 0.25) is 0 Å². The molecule has 9 heteroatoms. The summed E-state index contributed by atoms with van der Waals surface area (Å²) in [5.74, 6) is -3.97. The van der Waals surface area contributed by atoms with Gasteiger partial charge in [-0.2, -0.15) is 0 Å². The van der Waals surface area contributed by atoms with Crippen LogP contribution in [0.3, 0.4) is 0 Å². The first-order chi connectivity index (χ1) is 26.6. The third-order valence-corrected chi connectivity index (χ3v) is 9.19. The molecule has 55 heavy (non-hydrogen) atoms. The number of hydrogen-bond donors (Lipinski definition) is 4. The van der Waals surface area contributed by atoms with Crippen LogP contribution in [0.25, 0.3) is 0 Å². The minimum atomic E-state index is -3.03. The van der Waals surface area contributed by atoms with Crippen LogP contribution in [-0.4, -0.2) is 63.9 Å². The van der Waals surface area contributed by atoms with Crippen LogP contribution < -0.4 is 11.5 Å². The lowest BCUT2D eigenvalue weighted by Crippen LogP contribution is -2.63. The van der Waals surface area contributed by atoms with E-state index in [-0.39, 0.29) is 32.2 Å². The van der Waals surface area contributed by atoms with Crippen molar-refractivity contribution in [2.75, 3.05) is 6.54 Å². The topological polar surface area (TPSA) is 170 Å². The zero-order chi connectivity index (χ0) is 41.0. The van der Waals surface area contributed by atoms with E-state index in [1.807, 2.05) is 0 Å². The second-order valence-electron chi connectivity index (χ2n) is 14.3. The van der Waals surface area contributed by atoms with Gasteiger partial charge < -0.3 is 26.4 Å². The van der Waals surface area contributed by atoms with Crippen LogP contribution in [-0.2, 0) is 23.9 Å². The summed E-state index contributed by atoms with van der Waals surface area (Å²) in [6.45, 7) is 5.76. The Kier molecular flexibility index (Phi) is 33.1. The summed E-state index contributed by atoms with van der Waals surface area (Å²) < 4.78 is 5.37. The minimum Gasteiger partial charge on any atom is -0.449 e. The lowest BCUT2D eigenvalue weighted by molar-refractivity contribution is -0.184. The Morgan fingerprint density at radius 1 is 0.618 bits per heavy atom. The van der Waals surface area contributed by atoms with E-state index < -0.39 is 47.2 Å². The van der Waals surface area contributed by atoms with E-state index in [1.54, 1.807) is 0 Å². The maximum Gasteiger partial charge on any atom is 0.323 e. The molecule has 6 N–H and O–H groups in total. The third kappa shape index (κ3) is 25.5. The molecule has 9 nitrogen and oxygen atoms in total. The number of hydrogen-bond acceptors (Lipinski definition) is 9. The number of unbranched alkanes of at least 4 members (excludes halogenated alkanes) is 10. The van der Waals surface area contributed by atoms with Crippen molar-refractivity contribution in [3.63, 3.8) is 0 Å². The Bertz CT molecular complexity index is 1220. The van der Waals surface area contributed by atoms with Gasteiger partial charge in [-0.05, 0) is 103 Å². The van der Waals surface area contributed by atoms with Gasteiger partial charge in [-0.3, -0.25) is 19.2 Å². The van der Waals surface area contributed by atoms with Crippen molar-refractivity contribution in [3.05, 3.63) is 72.9 Å². The quantitative estimate of drug-likeness (QED) is 0.0210. The molecule has 4 atom stereocenters. The molecule has 0 aromatic carbocycles. The maximum absolute atomic E-state index is 13.7. The predicted molar refractivity (Wildman–Crippen MR) is 226 cm³/mol. The molecule has 0 spiro atoms. The highest BCUT2D eigenvalue weighted by molar-refractivity contribution is 6.16. The first-order valence-electron chi connectivity index (χ1n) is 21.1. The molecule has 0 aromatic rings. The van der Waals surface area contributed by atoms with Gasteiger partial charge in [0.1, 0.15) is 12.1 Å². The van der Waals surface area contributed by atoms with Crippen LogP contribution >= 0.6 is 0 Å². The van der Waals surface area contributed by atoms with Gasteiger partial charge in [0.2, 0.25) is 17.5 Å². The molecule has 0 saturated heterocycles. The molecule has 0 heterocycles. The smallest absolute Gasteiger partial charge is 0.323 e. The van der Waals surface area contributed by atoms with Crippen molar-refractivity contribution in [2.24, 2.45) is 11.5 Å². The van der Waals surface area contributed by atoms with Crippen LogP contribution in [0.5, 0.6) is 0 Å². The van der Waals surface area contributed by atoms with Gasteiger partial charge in [-0.15, -0.1) is 0 Å². The highest BCUT2D eigenvalue weighted by Gasteiger charge is 2.56. The number of allylic oxidation sites excluding steroid dienone is 12. The predicted octanol–water partition coefficient (Wildman–Crippen LogP) is 8.96. The van der Waals surface area contributed by atoms with Gasteiger partial charge in [-0.1, -0.05) is 125 Å². The lowest BCUT2D eigenvalue weighted by Gasteiger charge is -2.34. The van der Waals surface area contributed by atoms with Crippen LogP contribution in [0.15, 0.2) is 72.9 Å². The molecule has 0 rings (SSSR count). The number of rotatable bonds is 36. The Hall–Kier alpha value is -3.24. The maximum atomic E-state index is 13.7. The van der Waals surface area contributed by atoms with E-state index in [0.717, 1.165) is 89.9 Å². The Morgan fingerprint density at radius 2 is 1.04 bits per heavy atom. The van der Waals surface area contributed by atoms with Crippen molar-refractivity contribution in [1.82, 2.24) is 0 Å². The molecular formula is C46H76N2O7. The van der Waals surface area contributed by atoms with Gasteiger partial charge in [0.15, 0.2) is 11.6 Å². The number of aliphatic hydroxyl groups is 2. The SMILES string of the molecule is CCC=CCC=CCC=CCCCCCCCC(=O)C(OC(=O)[C@H](C)N)C(O)(C(=O)CCCCCCCC=CCC=CCC=CCC)C(=O)C(O)CCCN. The minimum absolute atomic E-state index is 0.112. The van der Waals surface area contributed by atoms with E-state index in [1.165, 1.54) is 6.92 Å². The van der Waals surface area contributed by atoms with Crippen molar-refractivity contribution < 1.29 is 34.1 Å². The molecule has 0 aliphatic heterocycles. The summed E-state index contributed by atoms with van der Waals surface area (Å²) in [7, 11) is 0. The number of esters is 1. The molecule has 3 unspecified atom stereocenters. The zero-order valence-electron chi connectivity index (χ0n) is 34.5. The van der Waals surface area contributed by atoms with Gasteiger partial charge >= 0.3 is 5.97 Å². The van der Waals surface area contributed by atoms with Gasteiger partial charge in [0.05, 0.1) is 0 Å². The Labute approximate surface area is 333 Å². The van der Waals surface area contributed by atoms with Crippen molar-refractivity contribution in [3.8, 4) is 0 Å². The summed E-state index contributed by atoms with van der Waals surface area (Å²) in [6, 6.07) is -1.17. The molecule has 0 aliphatic carbocycles. The van der Waals surface area contributed by atoms with Crippen molar-refractivity contribution in [1.29, 1.82) is 0 Å². The summed E-state index contributed by atoms with van der Waals surface area (Å²) in [5.41, 5.74) is 8.25. The van der Waals surface area contributed by atoms with Crippen LogP contribution in [0.4, 0.5) is 0 Å². The average molecular weight is 769 g/mol. The summed E-state index contributed by atoms with van der Waals surface area (Å²) >= 11 is 0.